The predicted molar refractivity (Wildman–Crippen MR) is 277 cm³/mol. The summed E-state index contributed by atoms with van der Waals surface area (Å²) in [6.07, 6.45) is 63.5. The normalized spacial score (nSPS) is 14.1. The maximum atomic E-state index is 12.8. The molecule has 0 aromatic heterocycles. The summed E-state index contributed by atoms with van der Waals surface area (Å²) in [5, 5.41) is 0. The molecule has 0 aliphatic rings. The van der Waals surface area contributed by atoms with Gasteiger partial charge in [0.2, 0.25) is 0 Å². The Balaban J connectivity index is 4.15. The molecule has 0 saturated heterocycles. The molecule has 0 spiro atoms. The lowest BCUT2D eigenvalue weighted by atomic mass is 10.0. The van der Waals surface area contributed by atoms with Gasteiger partial charge in [0, 0.05) is 13.0 Å². The molecule has 0 aromatic carbocycles. The molecule has 378 valence electrons. The lowest BCUT2D eigenvalue weighted by Crippen LogP contribution is -2.37. The largest absolute Gasteiger partial charge is 0.756 e. The van der Waals surface area contributed by atoms with E-state index in [-0.39, 0.29) is 25.8 Å². The maximum absolute atomic E-state index is 12.8. The van der Waals surface area contributed by atoms with Gasteiger partial charge in [-0.1, -0.05) is 222 Å². The second-order valence-corrected chi connectivity index (χ2v) is 20.3. The molecule has 0 fully saturated rings. The molecule has 2 unspecified atom stereocenters. The molecule has 0 N–H and O–H groups in total. The van der Waals surface area contributed by atoms with Crippen molar-refractivity contribution in [2.24, 2.45) is 0 Å². The van der Waals surface area contributed by atoms with Crippen molar-refractivity contribution in [1.29, 1.82) is 0 Å². The summed E-state index contributed by atoms with van der Waals surface area (Å²) in [7, 11) is 1.35. The zero-order valence-electron chi connectivity index (χ0n) is 42.9. The van der Waals surface area contributed by atoms with Gasteiger partial charge in [-0.2, -0.15) is 0 Å². The van der Waals surface area contributed by atoms with Crippen LogP contribution in [-0.2, 0) is 27.9 Å². The lowest BCUT2D eigenvalue weighted by molar-refractivity contribution is -0.870. The van der Waals surface area contributed by atoms with Crippen LogP contribution >= 0.6 is 7.82 Å². The predicted octanol–water partition coefficient (Wildman–Crippen LogP) is 16.0. The molecule has 0 bridgehead atoms. The van der Waals surface area contributed by atoms with Gasteiger partial charge in [-0.15, -0.1) is 0 Å². The Bertz CT molecular complexity index is 1270. The van der Waals surface area contributed by atoms with E-state index in [1.54, 1.807) is 0 Å². The number of phosphoric ester groups is 1. The van der Waals surface area contributed by atoms with E-state index in [0.717, 1.165) is 83.5 Å². The molecule has 0 radical (unpaired) electrons. The number of carbonyl (C=O) groups is 1. The molecule has 0 aliphatic heterocycles. The minimum absolute atomic E-state index is 0.0218. The molecule has 8 nitrogen and oxygen atoms in total. The number of allylic oxidation sites excluding steroid dienone is 12. The van der Waals surface area contributed by atoms with Gasteiger partial charge in [-0.25, -0.2) is 0 Å². The Morgan fingerprint density at radius 3 is 1.34 bits per heavy atom. The van der Waals surface area contributed by atoms with Crippen LogP contribution in [0.1, 0.15) is 219 Å². The van der Waals surface area contributed by atoms with Gasteiger partial charge in [-0.3, -0.25) is 9.36 Å². The van der Waals surface area contributed by atoms with E-state index < -0.39 is 13.9 Å². The summed E-state index contributed by atoms with van der Waals surface area (Å²) in [5.41, 5.74) is 0. The standard InChI is InChI=1S/C56H102NO7P/c1-6-8-10-12-14-16-18-20-22-24-25-26-27-28-29-30-31-32-34-36-38-40-42-44-46-48-51-61-53-55(54-63-65(59,60)62-52-50-57(3,4)5)64-56(58)49-47-45-43-41-39-37-35-33-23-21-19-17-15-13-11-9-7-2/h8,10,14,16,20,22,25-26,28-29,31-32,55H,6-7,9,11-13,15,17-19,21,23-24,27,30,33-54H2,1-5H3/b10-8-,16-14-,22-20-,26-25-,29-28-,32-31-. The minimum atomic E-state index is -4.54. The molecule has 9 heteroatoms. The summed E-state index contributed by atoms with van der Waals surface area (Å²) in [6.45, 7) is 5.29. The highest BCUT2D eigenvalue weighted by Gasteiger charge is 2.20. The van der Waals surface area contributed by atoms with Crippen molar-refractivity contribution in [3.8, 4) is 0 Å². The number of hydrogen-bond acceptors (Lipinski definition) is 7. The van der Waals surface area contributed by atoms with Crippen LogP contribution in [0.25, 0.3) is 0 Å². The van der Waals surface area contributed by atoms with E-state index in [4.69, 9.17) is 18.5 Å². The Morgan fingerprint density at radius 1 is 0.492 bits per heavy atom. The summed E-state index contributed by atoms with van der Waals surface area (Å²) >= 11 is 0. The minimum Gasteiger partial charge on any atom is -0.756 e. The van der Waals surface area contributed by atoms with E-state index in [9.17, 15) is 14.3 Å². The summed E-state index contributed by atoms with van der Waals surface area (Å²) < 4.78 is 34.8. The molecule has 0 amide bonds. The Kier molecular flexibility index (Phi) is 46.9. The van der Waals surface area contributed by atoms with Gasteiger partial charge in [0.05, 0.1) is 34.4 Å². The van der Waals surface area contributed by atoms with Gasteiger partial charge >= 0.3 is 5.97 Å². The molecule has 0 saturated carbocycles. The molecule has 0 rings (SSSR count). The van der Waals surface area contributed by atoms with E-state index in [1.807, 2.05) is 21.1 Å². The number of likely N-dealkylation sites (N-methyl/N-ethyl adjacent to an activating group) is 1. The molecular formula is C56H102NO7P. The number of rotatable bonds is 49. The summed E-state index contributed by atoms with van der Waals surface area (Å²) in [5.74, 6) is -0.337. The number of ether oxygens (including phenoxy) is 2. The monoisotopic (exact) mass is 932 g/mol. The van der Waals surface area contributed by atoms with E-state index in [2.05, 4.69) is 86.8 Å². The number of nitrogens with zero attached hydrogens (tertiary/aromatic N) is 1. The maximum Gasteiger partial charge on any atom is 0.306 e. The number of phosphoric acid groups is 1. The zero-order chi connectivity index (χ0) is 47.6. The quantitative estimate of drug-likeness (QED) is 0.0197. The van der Waals surface area contributed by atoms with E-state index in [1.165, 1.54) is 116 Å². The van der Waals surface area contributed by atoms with Crippen molar-refractivity contribution in [3.63, 3.8) is 0 Å². The van der Waals surface area contributed by atoms with Crippen molar-refractivity contribution in [2.45, 2.75) is 225 Å². The third kappa shape index (κ3) is 52.8. The number of unbranched alkanes of at least 4 members (excludes halogenated alkanes) is 23. The second-order valence-electron chi connectivity index (χ2n) is 18.9. The highest BCUT2D eigenvalue weighted by Crippen LogP contribution is 2.38. The third-order valence-electron chi connectivity index (χ3n) is 11.3. The van der Waals surface area contributed by atoms with Crippen LogP contribution in [0.2, 0.25) is 0 Å². The smallest absolute Gasteiger partial charge is 0.306 e. The molecule has 2 atom stereocenters. The number of hydrogen-bond donors (Lipinski definition) is 0. The zero-order valence-corrected chi connectivity index (χ0v) is 43.8. The number of carbonyl (C=O) groups excluding carboxylic acids is 1. The van der Waals surface area contributed by atoms with Gasteiger partial charge < -0.3 is 27.9 Å². The van der Waals surface area contributed by atoms with Gasteiger partial charge in [0.1, 0.15) is 19.3 Å². The van der Waals surface area contributed by atoms with E-state index >= 15 is 0 Å². The van der Waals surface area contributed by atoms with Crippen LogP contribution in [0.3, 0.4) is 0 Å². The summed E-state index contributed by atoms with van der Waals surface area (Å²) in [6, 6.07) is 0. The highest BCUT2D eigenvalue weighted by atomic mass is 31.2. The topological polar surface area (TPSA) is 94.1 Å². The molecular weight excluding hydrogens is 830 g/mol. The van der Waals surface area contributed by atoms with Crippen molar-refractivity contribution in [3.05, 3.63) is 72.9 Å². The van der Waals surface area contributed by atoms with Gasteiger partial charge in [0.25, 0.3) is 7.82 Å². The van der Waals surface area contributed by atoms with Crippen LogP contribution in [0.5, 0.6) is 0 Å². The third-order valence-corrected chi connectivity index (χ3v) is 12.2. The van der Waals surface area contributed by atoms with E-state index in [0.29, 0.717) is 24.1 Å². The fraction of sp³-hybridized carbons (Fsp3) is 0.768. The lowest BCUT2D eigenvalue weighted by Gasteiger charge is -2.28. The van der Waals surface area contributed by atoms with Gasteiger partial charge in [0.15, 0.2) is 0 Å². The molecule has 0 aliphatic carbocycles. The van der Waals surface area contributed by atoms with Crippen LogP contribution < -0.4 is 4.89 Å². The average Bonchev–Trinajstić information content (AvgIpc) is 3.27. The first kappa shape index (κ1) is 62.9. The highest BCUT2D eigenvalue weighted by molar-refractivity contribution is 7.45. The first-order valence-corrected chi connectivity index (χ1v) is 28.1. The Morgan fingerprint density at radius 2 is 0.892 bits per heavy atom. The Labute approximate surface area is 402 Å². The van der Waals surface area contributed by atoms with Crippen molar-refractivity contribution in [1.82, 2.24) is 0 Å². The Hall–Kier alpha value is -2.06. The van der Waals surface area contributed by atoms with Crippen LogP contribution in [-0.4, -0.2) is 70.7 Å². The second kappa shape index (κ2) is 48.4. The van der Waals surface area contributed by atoms with Crippen LogP contribution in [0, 0.1) is 0 Å². The SMILES string of the molecule is CC/C=C\C/C=C\C/C=C\C/C=C\C/C=C\C/C=C\CCCCCCCCCOCC(COP(=O)([O-])OCC[N+](C)(C)C)OC(=O)CCCCCCCCCCCCCCCCCCC. The van der Waals surface area contributed by atoms with Crippen LogP contribution in [0.15, 0.2) is 72.9 Å². The number of quaternary nitrogens is 1. The van der Waals surface area contributed by atoms with Crippen molar-refractivity contribution < 1.29 is 37.3 Å². The van der Waals surface area contributed by atoms with Crippen LogP contribution in [0.4, 0.5) is 0 Å². The first-order chi connectivity index (χ1) is 31.6. The first-order valence-electron chi connectivity index (χ1n) is 26.7. The molecule has 0 heterocycles. The fourth-order valence-electron chi connectivity index (χ4n) is 7.20. The van der Waals surface area contributed by atoms with Crippen molar-refractivity contribution in [2.75, 3.05) is 54.1 Å². The molecule has 0 aromatic rings. The van der Waals surface area contributed by atoms with Gasteiger partial charge in [-0.05, 0) is 64.2 Å². The molecule has 65 heavy (non-hydrogen) atoms. The number of esters is 1. The summed E-state index contributed by atoms with van der Waals surface area (Å²) in [4.78, 5) is 25.2. The fourth-order valence-corrected chi connectivity index (χ4v) is 7.93. The average molecular weight is 932 g/mol. The van der Waals surface area contributed by atoms with Crippen molar-refractivity contribution >= 4 is 13.8 Å².